The number of hydrogen-bond donors (Lipinski definition) is 0. The molecule has 2 aromatic rings. The second-order valence-corrected chi connectivity index (χ2v) is 3.76. The molecule has 0 saturated heterocycles. The third-order valence-corrected chi connectivity index (χ3v) is 2.69. The summed E-state index contributed by atoms with van der Waals surface area (Å²) in [7, 11) is 0. The van der Waals surface area contributed by atoms with Crippen molar-refractivity contribution < 1.29 is 0 Å². The summed E-state index contributed by atoms with van der Waals surface area (Å²) in [5.74, 6) is 0. The lowest BCUT2D eigenvalue weighted by Crippen LogP contribution is -1.91. The van der Waals surface area contributed by atoms with Crippen LogP contribution < -0.4 is 0 Å². The van der Waals surface area contributed by atoms with Gasteiger partial charge in [-0.2, -0.15) is 0 Å². The summed E-state index contributed by atoms with van der Waals surface area (Å²) in [6, 6.07) is 7.44. The van der Waals surface area contributed by atoms with Crippen molar-refractivity contribution in [2.45, 2.75) is 6.92 Å². The Balaban J connectivity index is 2.49. The maximum atomic E-state index is 6.05. The smallest absolute Gasteiger partial charge is 0.136 e. The minimum atomic E-state index is 0.632. The van der Waals surface area contributed by atoms with E-state index in [0.29, 0.717) is 10.2 Å². The van der Waals surface area contributed by atoms with E-state index in [-0.39, 0.29) is 0 Å². The van der Waals surface area contributed by atoms with E-state index in [0.717, 1.165) is 11.4 Å². The van der Waals surface area contributed by atoms with Crippen molar-refractivity contribution >= 4 is 23.2 Å². The predicted octanol–water partition coefficient (Wildman–Crippen LogP) is 3.49. The van der Waals surface area contributed by atoms with Gasteiger partial charge in [-0.05, 0) is 31.2 Å². The number of rotatable bonds is 1. The molecule has 0 atom stereocenters. The van der Waals surface area contributed by atoms with Crippen molar-refractivity contribution in [2.24, 2.45) is 0 Å². The van der Waals surface area contributed by atoms with Crippen LogP contribution >= 0.6 is 23.2 Å². The van der Waals surface area contributed by atoms with E-state index >= 15 is 0 Å². The summed E-state index contributed by atoms with van der Waals surface area (Å²) < 4.78 is 1.81. The first kappa shape index (κ1) is 9.56. The molecule has 4 heteroatoms. The van der Waals surface area contributed by atoms with Gasteiger partial charge in [0.15, 0.2) is 0 Å². The Labute approximate surface area is 92.1 Å². The van der Waals surface area contributed by atoms with E-state index in [1.54, 1.807) is 6.33 Å². The number of hydrogen-bond acceptors (Lipinski definition) is 1. The quantitative estimate of drug-likeness (QED) is 0.729. The van der Waals surface area contributed by atoms with E-state index in [1.807, 2.05) is 35.8 Å². The maximum Gasteiger partial charge on any atom is 0.136 e. The standard InChI is InChI=1S/C10H8Cl2N2/c1-7-10(12)14(6-13-7)9-4-2-8(11)3-5-9/h2-6H,1H3. The molecule has 0 unspecified atom stereocenters. The average molecular weight is 227 g/mol. The van der Waals surface area contributed by atoms with Gasteiger partial charge in [-0.25, -0.2) is 4.98 Å². The third kappa shape index (κ3) is 1.63. The Kier molecular flexibility index (Phi) is 2.48. The van der Waals surface area contributed by atoms with Crippen molar-refractivity contribution in [3.63, 3.8) is 0 Å². The largest absolute Gasteiger partial charge is 0.290 e. The number of nitrogens with zero attached hydrogens (tertiary/aromatic N) is 2. The van der Waals surface area contributed by atoms with Gasteiger partial charge in [-0.1, -0.05) is 23.2 Å². The number of imidazole rings is 1. The molecule has 1 aromatic carbocycles. The minimum absolute atomic E-state index is 0.632. The Hall–Kier alpha value is -0.990. The first-order valence-corrected chi connectivity index (χ1v) is 4.89. The summed E-state index contributed by atoms with van der Waals surface area (Å²) in [6.07, 6.45) is 1.70. The summed E-state index contributed by atoms with van der Waals surface area (Å²) in [4.78, 5) is 4.11. The molecule has 2 nitrogen and oxygen atoms in total. The molecule has 1 aromatic heterocycles. The molecule has 0 amide bonds. The number of halogens is 2. The van der Waals surface area contributed by atoms with Crippen LogP contribution in [0.15, 0.2) is 30.6 Å². The number of aromatic nitrogens is 2. The first-order valence-electron chi connectivity index (χ1n) is 4.14. The second-order valence-electron chi connectivity index (χ2n) is 2.97. The molecule has 0 N–H and O–H groups in total. The van der Waals surface area contributed by atoms with Crippen LogP contribution in [0.1, 0.15) is 5.69 Å². The molecule has 0 radical (unpaired) electrons. The van der Waals surface area contributed by atoms with Crippen molar-refractivity contribution in [3.8, 4) is 5.69 Å². The zero-order chi connectivity index (χ0) is 10.1. The lowest BCUT2D eigenvalue weighted by atomic mass is 10.3. The van der Waals surface area contributed by atoms with Crippen LogP contribution in [0.4, 0.5) is 0 Å². The Morgan fingerprint density at radius 1 is 1.14 bits per heavy atom. The van der Waals surface area contributed by atoms with Crippen LogP contribution in [0.5, 0.6) is 0 Å². The molecule has 0 fully saturated rings. The molecular formula is C10H8Cl2N2. The van der Waals surface area contributed by atoms with Gasteiger partial charge in [0.2, 0.25) is 0 Å². The predicted molar refractivity (Wildman–Crippen MR) is 58.3 cm³/mol. The van der Waals surface area contributed by atoms with E-state index in [4.69, 9.17) is 23.2 Å². The Morgan fingerprint density at radius 2 is 1.79 bits per heavy atom. The van der Waals surface area contributed by atoms with Gasteiger partial charge >= 0.3 is 0 Å². The van der Waals surface area contributed by atoms with Crippen molar-refractivity contribution in [1.82, 2.24) is 9.55 Å². The topological polar surface area (TPSA) is 17.8 Å². The summed E-state index contributed by atoms with van der Waals surface area (Å²) in [6.45, 7) is 1.87. The Bertz CT molecular complexity index is 446. The fourth-order valence-electron chi connectivity index (χ4n) is 1.20. The molecular weight excluding hydrogens is 219 g/mol. The maximum absolute atomic E-state index is 6.05. The van der Waals surface area contributed by atoms with Crippen LogP contribution in [0.2, 0.25) is 10.2 Å². The molecule has 2 rings (SSSR count). The molecule has 14 heavy (non-hydrogen) atoms. The summed E-state index contributed by atoms with van der Waals surface area (Å²) in [5.41, 5.74) is 1.78. The van der Waals surface area contributed by atoms with E-state index in [2.05, 4.69) is 4.98 Å². The van der Waals surface area contributed by atoms with E-state index < -0.39 is 0 Å². The molecule has 0 aliphatic carbocycles. The monoisotopic (exact) mass is 226 g/mol. The highest BCUT2D eigenvalue weighted by atomic mass is 35.5. The van der Waals surface area contributed by atoms with Crippen LogP contribution in [0.3, 0.4) is 0 Å². The molecule has 0 spiro atoms. The van der Waals surface area contributed by atoms with Gasteiger partial charge in [0.05, 0.1) is 5.69 Å². The third-order valence-electron chi connectivity index (χ3n) is 1.98. The van der Waals surface area contributed by atoms with Gasteiger partial charge in [0.1, 0.15) is 11.5 Å². The van der Waals surface area contributed by atoms with Gasteiger partial charge < -0.3 is 0 Å². The van der Waals surface area contributed by atoms with Crippen LogP contribution in [-0.2, 0) is 0 Å². The van der Waals surface area contributed by atoms with Crippen molar-refractivity contribution in [3.05, 3.63) is 46.5 Å². The first-order chi connectivity index (χ1) is 6.68. The molecule has 0 saturated carbocycles. The lowest BCUT2D eigenvalue weighted by Gasteiger charge is -2.03. The van der Waals surface area contributed by atoms with Crippen LogP contribution in [0, 0.1) is 6.92 Å². The minimum Gasteiger partial charge on any atom is -0.290 e. The van der Waals surface area contributed by atoms with Crippen LogP contribution in [0.25, 0.3) is 5.69 Å². The SMILES string of the molecule is Cc1ncn(-c2ccc(Cl)cc2)c1Cl. The number of benzene rings is 1. The highest BCUT2D eigenvalue weighted by Gasteiger charge is 2.05. The molecule has 0 aliphatic rings. The highest BCUT2D eigenvalue weighted by Crippen LogP contribution is 2.20. The van der Waals surface area contributed by atoms with E-state index in [9.17, 15) is 0 Å². The molecule has 72 valence electrons. The normalized spacial score (nSPS) is 10.5. The van der Waals surface area contributed by atoms with Gasteiger partial charge in [0, 0.05) is 10.7 Å². The van der Waals surface area contributed by atoms with Crippen molar-refractivity contribution in [1.29, 1.82) is 0 Å². The van der Waals surface area contributed by atoms with Crippen LogP contribution in [-0.4, -0.2) is 9.55 Å². The zero-order valence-electron chi connectivity index (χ0n) is 7.54. The van der Waals surface area contributed by atoms with Crippen molar-refractivity contribution in [2.75, 3.05) is 0 Å². The fourth-order valence-corrected chi connectivity index (χ4v) is 1.52. The fraction of sp³-hybridized carbons (Fsp3) is 0.100. The summed E-state index contributed by atoms with van der Waals surface area (Å²) in [5, 5.41) is 1.34. The Morgan fingerprint density at radius 3 is 2.29 bits per heavy atom. The summed E-state index contributed by atoms with van der Waals surface area (Å²) >= 11 is 11.8. The molecule has 1 heterocycles. The molecule has 0 aliphatic heterocycles. The lowest BCUT2D eigenvalue weighted by molar-refractivity contribution is 1.06. The zero-order valence-corrected chi connectivity index (χ0v) is 9.05. The second kappa shape index (κ2) is 3.64. The average Bonchev–Trinajstić information content (AvgIpc) is 2.50. The van der Waals surface area contributed by atoms with Gasteiger partial charge in [-0.15, -0.1) is 0 Å². The van der Waals surface area contributed by atoms with Gasteiger partial charge in [0.25, 0.3) is 0 Å². The van der Waals surface area contributed by atoms with E-state index in [1.165, 1.54) is 0 Å². The molecule has 0 bridgehead atoms. The number of aryl methyl sites for hydroxylation is 1. The van der Waals surface area contributed by atoms with Gasteiger partial charge in [-0.3, -0.25) is 4.57 Å². The highest BCUT2D eigenvalue weighted by molar-refractivity contribution is 6.31.